The Labute approximate surface area is 159 Å². The smallest absolute Gasteiger partial charge is 0.255 e. The molecule has 25 heavy (non-hydrogen) atoms. The van der Waals surface area contributed by atoms with Crippen LogP contribution in [0.4, 0.5) is 10.2 Å². The van der Waals surface area contributed by atoms with Gasteiger partial charge in [-0.25, -0.2) is 9.37 Å². The first kappa shape index (κ1) is 18.1. The number of pyridine rings is 1. The minimum Gasteiger partial charge on any atom is -0.365 e. The lowest BCUT2D eigenvalue weighted by molar-refractivity contribution is 0.0724. The van der Waals surface area contributed by atoms with Crippen LogP contribution in [0, 0.1) is 5.82 Å². The standard InChI is InChI=1S/C18H18BrClFN3O/c19-15-5-4-14(21)8-12(15)10-22-17-16(20)9-13(11-23-17)18(25)24-6-2-1-3-7-24/h4-5,8-9,11H,1-3,6-7,10H2,(H,22,23). The van der Waals surface area contributed by atoms with Crippen molar-refractivity contribution in [2.75, 3.05) is 18.4 Å². The molecule has 1 saturated heterocycles. The highest BCUT2D eigenvalue weighted by Gasteiger charge is 2.19. The van der Waals surface area contributed by atoms with Gasteiger partial charge in [-0.2, -0.15) is 0 Å². The van der Waals surface area contributed by atoms with E-state index in [0.717, 1.165) is 36.0 Å². The Morgan fingerprint density at radius 2 is 2.04 bits per heavy atom. The molecule has 4 nitrogen and oxygen atoms in total. The maximum Gasteiger partial charge on any atom is 0.255 e. The molecule has 0 spiro atoms. The molecule has 2 aromatic rings. The first-order valence-corrected chi connectivity index (χ1v) is 9.34. The molecule has 1 aromatic heterocycles. The summed E-state index contributed by atoms with van der Waals surface area (Å²) in [7, 11) is 0. The van der Waals surface area contributed by atoms with E-state index < -0.39 is 0 Å². The number of hydrogen-bond donors (Lipinski definition) is 1. The van der Waals surface area contributed by atoms with Crippen molar-refractivity contribution in [3.63, 3.8) is 0 Å². The predicted molar refractivity (Wildman–Crippen MR) is 100 cm³/mol. The van der Waals surface area contributed by atoms with Crippen LogP contribution in [0.2, 0.25) is 5.02 Å². The van der Waals surface area contributed by atoms with Gasteiger partial charge < -0.3 is 10.2 Å². The van der Waals surface area contributed by atoms with Crippen LogP contribution in [0.1, 0.15) is 35.2 Å². The second-order valence-corrected chi connectivity index (χ2v) is 7.26. The number of hydrogen-bond acceptors (Lipinski definition) is 3. The lowest BCUT2D eigenvalue weighted by atomic mass is 10.1. The Bertz CT molecular complexity index is 781. The molecule has 0 saturated carbocycles. The van der Waals surface area contributed by atoms with Crippen LogP contribution in [0.5, 0.6) is 0 Å². The highest BCUT2D eigenvalue weighted by molar-refractivity contribution is 9.10. The van der Waals surface area contributed by atoms with Gasteiger partial charge >= 0.3 is 0 Å². The van der Waals surface area contributed by atoms with Crippen LogP contribution in [0.3, 0.4) is 0 Å². The summed E-state index contributed by atoms with van der Waals surface area (Å²) in [5.41, 5.74) is 1.25. The second-order valence-electron chi connectivity index (χ2n) is 6.00. The van der Waals surface area contributed by atoms with Crippen molar-refractivity contribution < 1.29 is 9.18 Å². The number of rotatable bonds is 4. The lowest BCUT2D eigenvalue weighted by Crippen LogP contribution is -2.35. The number of amides is 1. The molecule has 0 unspecified atom stereocenters. The molecule has 1 amide bonds. The van der Waals surface area contributed by atoms with E-state index in [1.54, 1.807) is 12.1 Å². The van der Waals surface area contributed by atoms with Gasteiger partial charge in [0.2, 0.25) is 0 Å². The SMILES string of the molecule is O=C(c1cnc(NCc2cc(F)ccc2Br)c(Cl)c1)N1CCCCC1. The second kappa shape index (κ2) is 8.15. The molecule has 3 rings (SSSR count). The van der Waals surface area contributed by atoms with Crippen LogP contribution < -0.4 is 5.32 Å². The number of nitrogens with zero attached hydrogens (tertiary/aromatic N) is 2. The first-order chi connectivity index (χ1) is 12.0. The molecular formula is C18H18BrClFN3O. The molecule has 1 fully saturated rings. The molecule has 1 aliphatic heterocycles. The van der Waals surface area contributed by atoms with Gasteiger partial charge in [0, 0.05) is 30.3 Å². The van der Waals surface area contributed by atoms with Gasteiger partial charge in [-0.15, -0.1) is 0 Å². The summed E-state index contributed by atoms with van der Waals surface area (Å²) in [6.07, 6.45) is 4.77. The van der Waals surface area contributed by atoms with E-state index in [4.69, 9.17) is 11.6 Å². The van der Waals surface area contributed by atoms with E-state index in [1.165, 1.54) is 24.8 Å². The Morgan fingerprint density at radius 1 is 1.28 bits per heavy atom. The molecule has 0 aliphatic carbocycles. The summed E-state index contributed by atoms with van der Waals surface area (Å²) in [6.45, 7) is 1.93. The maximum absolute atomic E-state index is 13.3. The Balaban J connectivity index is 1.69. The van der Waals surface area contributed by atoms with Crippen molar-refractivity contribution in [2.24, 2.45) is 0 Å². The molecule has 1 N–H and O–H groups in total. The van der Waals surface area contributed by atoms with Crippen LogP contribution in [0.15, 0.2) is 34.9 Å². The summed E-state index contributed by atoms with van der Waals surface area (Å²) in [5.74, 6) is 0.128. The fourth-order valence-electron chi connectivity index (χ4n) is 2.82. The number of likely N-dealkylation sites (tertiary alicyclic amines) is 1. The normalized spacial score (nSPS) is 14.4. The van der Waals surface area contributed by atoms with Crippen LogP contribution in [-0.2, 0) is 6.54 Å². The van der Waals surface area contributed by atoms with Gasteiger partial charge in [0.15, 0.2) is 0 Å². The van der Waals surface area contributed by atoms with E-state index in [-0.39, 0.29) is 11.7 Å². The fourth-order valence-corrected chi connectivity index (χ4v) is 3.44. The number of carbonyl (C=O) groups is 1. The predicted octanol–water partition coefficient (Wildman–Crippen LogP) is 4.87. The molecule has 1 aliphatic rings. The lowest BCUT2D eigenvalue weighted by Gasteiger charge is -2.26. The molecule has 0 atom stereocenters. The van der Waals surface area contributed by atoms with Gasteiger partial charge in [0.05, 0.1) is 10.6 Å². The molecule has 7 heteroatoms. The topological polar surface area (TPSA) is 45.2 Å². The van der Waals surface area contributed by atoms with E-state index in [1.807, 2.05) is 4.90 Å². The zero-order chi connectivity index (χ0) is 17.8. The zero-order valence-corrected chi connectivity index (χ0v) is 15.9. The summed E-state index contributed by atoms with van der Waals surface area (Å²) >= 11 is 9.66. The fraction of sp³-hybridized carbons (Fsp3) is 0.333. The molecule has 0 bridgehead atoms. The van der Waals surface area contributed by atoms with E-state index in [0.29, 0.717) is 22.9 Å². The molecule has 2 heterocycles. The third-order valence-corrected chi connectivity index (χ3v) is 5.25. The van der Waals surface area contributed by atoms with Crippen LogP contribution in [0.25, 0.3) is 0 Å². The van der Waals surface area contributed by atoms with Gasteiger partial charge in [-0.3, -0.25) is 4.79 Å². The Morgan fingerprint density at radius 3 is 2.76 bits per heavy atom. The van der Waals surface area contributed by atoms with Crippen LogP contribution >= 0.6 is 27.5 Å². The molecule has 0 radical (unpaired) electrons. The van der Waals surface area contributed by atoms with E-state index in [9.17, 15) is 9.18 Å². The third kappa shape index (κ3) is 4.50. The first-order valence-electron chi connectivity index (χ1n) is 8.17. The van der Waals surface area contributed by atoms with Crippen molar-refractivity contribution in [1.82, 2.24) is 9.88 Å². The van der Waals surface area contributed by atoms with Crippen molar-refractivity contribution >= 4 is 39.3 Å². The summed E-state index contributed by atoms with van der Waals surface area (Å²) in [5, 5.41) is 3.45. The zero-order valence-electron chi connectivity index (χ0n) is 13.6. The quantitative estimate of drug-likeness (QED) is 0.758. The maximum atomic E-state index is 13.3. The van der Waals surface area contributed by atoms with Gasteiger partial charge in [-0.05, 0) is 49.1 Å². The number of nitrogens with one attached hydrogen (secondary N) is 1. The molecule has 132 valence electrons. The molecular weight excluding hydrogens is 409 g/mol. The van der Waals surface area contributed by atoms with Crippen LogP contribution in [-0.4, -0.2) is 28.9 Å². The highest BCUT2D eigenvalue weighted by atomic mass is 79.9. The van der Waals surface area contributed by atoms with Crippen molar-refractivity contribution in [1.29, 1.82) is 0 Å². The average molecular weight is 427 g/mol. The number of halogens is 3. The molecule has 1 aromatic carbocycles. The number of carbonyl (C=O) groups excluding carboxylic acids is 1. The Kier molecular flexibility index (Phi) is 5.91. The number of aromatic nitrogens is 1. The minimum atomic E-state index is -0.304. The van der Waals surface area contributed by atoms with Crippen molar-refractivity contribution in [2.45, 2.75) is 25.8 Å². The summed E-state index contributed by atoms with van der Waals surface area (Å²) in [4.78, 5) is 18.6. The highest BCUT2D eigenvalue weighted by Crippen LogP contribution is 2.24. The summed E-state index contributed by atoms with van der Waals surface area (Å²) in [6, 6.07) is 6.12. The monoisotopic (exact) mass is 425 g/mol. The van der Waals surface area contributed by atoms with Gasteiger partial charge in [0.25, 0.3) is 5.91 Å². The van der Waals surface area contributed by atoms with E-state index >= 15 is 0 Å². The third-order valence-electron chi connectivity index (χ3n) is 4.19. The average Bonchev–Trinajstić information content (AvgIpc) is 2.63. The van der Waals surface area contributed by atoms with Crippen molar-refractivity contribution in [3.05, 3.63) is 56.9 Å². The number of benzene rings is 1. The largest absolute Gasteiger partial charge is 0.365 e. The van der Waals surface area contributed by atoms with Crippen molar-refractivity contribution in [3.8, 4) is 0 Å². The number of piperidine rings is 1. The minimum absolute atomic E-state index is 0.0338. The van der Waals surface area contributed by atoms with Gasteiger partial charge in [-0.1, -0.05) is 27.5 Å². The van der Waals surface area contributed by atoms with E-state index in [2.05, 4.69) is 26.2 Å². The number of anilines is 1. The Hall–Kier alpha value is -1.66. The summed E-state index contributed by atoms with van der Waals surface area (Å²) < 4.78 is 14.1. The van der Waals surface area contributed by atoms with Gasteiger partial charge in [0.1, 0.15) is 11.6 Å².